The average Bonchev–Trinajstić information content (AvgIpc) is 2.19. The molecule has 0 aromatic heterocycles. The number of phenolic OH excluding ortho intramolecular Hbond substituents is 1. The molecule has 1 aromatic carbocycles. The summed E-state index contributed by atoms with van der Waals surface area (Å²) in [6, 6.07) is 4.19. The van der Waals surface area contributed by atoms with E-state index in [2.05, 4.69) is 0 Å². The Labute approximate surface area is 85.5 Å². The van der Waals surface area contributed by atoms with Crippen LogP contribution in [0.15, 0.2) is 12.1 Å². The van der Waals surface area contributed by atoms with Gasteiger partial charge < -0.3 is 10.8 Å². The maximum absolute atomic E-state index is 11.2. The van der Waals surface area contributed by atoms with E-state index in [0.717, 1.165) is 6.07 Å². The van der Waals surface area contributed by atoms with Crippen LogP contribution in [0.2, 0.25) is 0 Å². The Morgan fingerprint density at radius 3 is 2.79 bits per heavy atom. The van der Waals surface area contributed by atoms with Gasteiger partial charge in [0.2, 0.25) is 0 Å². The van der Waals surface area contributed by atoms with E-state index in [4.69, 9.17) is 22.6 Å². The summed E-state index contributed by atoms with van der Waals surface area (Å²) in [7, 11) is 0. The van der Waals surface area contributed by atoms with Crippen LogP contribution in [-0.4, -0.2) is 16.8 Å². The fourth-order valence-corrected chi connectivity index (χ4v) is 1.14. The quantitative estimate of drug-likeness (QED) is 0.333. The summed E-state index contributed by atoms with van der Waals surface area (Å²) in [5.41, 5.74) is 5.79. The molecule has 0 aliphatic rings. The lowest BCUT2D eigenvalue weighted by Crippen LogP contribution is -2.03. The molecule has 0 aliphatic carbocycles. The van der Waals surface area contributed by atoms with Gasteiger partial charge in [-0.15, -0.1) is 11.6 Å². The van der Waals surface area contributed by atoms with Crippen molar-refractivity contribution in [2.75, 3.05) is 11.6 Å². The molecule has 0 saturated carbocycles. The number of hydrogen-bond donors (Lipinski definition) is 2. The second kappa shape index (κ2) is 3.99. The van der Waals surface area contributed by atoms with Gasteiger partial charge in [-0.05, 0) is 6.07 Å². The Kier molecular flexibility index (Phi) is 2.95. The van der Waals surface area contributed by atoms with Crippen LogP contribution in [0.4, 0.5) is 5.69 Å². The molecule has 0 bridgehead atoms. The first-order valence-electron chi connectivity index (χ1n) is 3.72. The minimum atomic E-state index is -0.430. The molecule has 0 heterocycles. The Hall–Kier alpha value is -1.73. The van der Waals surface area contributed by atoms with Crippen molar-refractivity contribution >= 4 is 23.1 Å². The smallest absolute Gasteiger partial charge is 0.181 e. The number of carbonyl (C=O) groups excluding carboxylic acids is 1. The van der Waals surface area contributed by atoms with E-state index in [1.165, 1.54) is 6.07 Å². The number of hydrogen-bond acceptors (Lipinski definition) is 4. The number of phenols is 1. The van der Waals surface area contributed by atoms with Crippen molar-refractivity contribution in [3.8, 4) is 11.8 Å². The Morgan fingerprint density at radius 1 is 1.64 bits per heavy atom. The van der Waals surface area contributed by atoms with E-state index in [9.17, 15) is 9.90 Å². The Balaban J connectivity index is 3.30. The Morgan fingerprint density at radius 2 is 2.29 bits per heavy atom. The molecule has 14 heavy (non-hydrogen) atoms. The lowest BCUT2D eigenvalue weighted by Gasteiger charge is -2.04. The second-order valence-electron chi connectivity index (χ2n) is 2.63. The van der Waals surface area contributed by atoms with Crippen LogP contribution in [-0.2, 0) is 0 Å². The molecule has 0 amide bonds. The lowest BCUT2D eigenvalue weighted by atomic mass is 10.1. The molecule has 5 heteroatoms. The van der Waals surface area contributed by atoms with Crippen LogP contribution in [0, 0.1) is 11.3 Å². The number of rotatable bonds is 2. The van der Waals surface area contributed by atoms with E-state index >= 15 is 0 Å². The van der Waals surface area contributed by atoms with Crippen molar-refractivity contribution in [3.63, 3.8) is 0 Å². The fraction of sp³-hybridized carbons (Fsp3) is 0.111. The first kappa shape index (κ1) is 10.4. The van der Waals surface area contributed by atoms with Gasteiger partial charge in [-0.25, -0.2) is 0 Å². The highest BCUT2D eigenvalue weighted by molar-refractivity contribution is 6.30. The number of halogens is 1. The van der Waals surface area contributed by atoms with E-state index in [-0.39, 0.29) is 28.4 Å². The number of ketones is 1. The number of nitrogens with two attached hydrogens (primary N) is 1. The molecule has 0 saturated heterocycles. The molecule has 1 rings (SSSR count). The number of anilines is 1. The first-order valence-corrected chi connectivity index (χ1v) is 4.25. The summed E-state index contributed by atoms with van der Waals surface area (Å²) in [4.78, 5) is 11.2. The van der Waals surface area contributed by atoms with Crippen molar-refractivity contribution in [2.24, 2.45) is 0 Å². The predicted octanol–water partition coefficient (Wildman–Crippen LogP) is 1.27. The number of Topliss-reactive ketones (excluding diaryl/α,β-unsaturated/α-hetero) is 1. The zero-order chi connectivity index (χ0) is 10.7. The average molecular weight is 211 g/mol. The minimum Gasteiger partial charge on any atom is -0.507 e. The number of aromatic hydroxyl groups is 1. The summed E-state index contributed by atoms with van der Waals surface area (Å²) in [5.74, 6) is -0.944. The van der Waals surface area contributed by atoms with Crippen LogP contribution in [0.3, 0.4) is 0 Å². The van der Waals surface area contributed by atoms with Gasteiger partial charge in [0.05, 0.1) is 22.7 Å². The molecule has 0 unspecified atom stereocenters. The molecule has 0 aliphatic heterocycles. The van der Waals surface area contributed by atoms with Crippen molar-refractivity contribution in [3.05, 3.63) is 23.3 Å². The molecule has 0 fully saturated rings. The van der Waals surface area contributed by atoms with Crippen LogP contribution in [0.1, 0.15) is 15.9 Å². The number of benzene rings is 1. The van der Waals surface area contributed by atoms with Gasteiger partial charge in [0.25, 0.3) is 0 Å². The van der Waals surface area contributed by atoms with E-state index in [1.54, 1.807) is 6.07 Å². The van der Waals surface area contributed by atoms with E-state index in [0.29, 0.717) is 0 Å². The molecule has 0 radical (unpaired) electrons. The van der Waals surface area contributed by atoms with Crippen molar-refractivity contribution in [1.82, 2.24) is 0 Å². The topological polar surface area (TPSA) is 87.1 Å². The third-order valence-corrected chi connectivity index (χ3v) is 1.95. The molecule has 4 nitrogen and oxygen atoms in total. The number of nitrogens with zero attached hydrogens (tertiary/aromatic N) is 1. The lowest BCUT2D eigenvalue weighted by molar-refractivity contribution is 0.101. The molecule has 0 atom stereocenters. The molecule has 0 spiro atoms. The largest absolute Gasteiger partial charge is 0.507 e. The van der Waals surface area contributed by atoms with Crippen LogP contribution in [0.25, 0.3) is 0 Å². The number of alkyl halides is 1. The molecular weight excluding hydrogens is 204 g/mol. The molecule has 1 aromatic rings. The maximum Gasteiger partial charge on any atom is 0.181 e. The summed E-state index contributed by atoms with van der Waals surface area (Å²) in [5, 5.41) is 17.9. The van der Waals surface area contributed by atoms with E-state index in [1.807, 2.05) is 0 Å². The third-order valence-electron chi connectivity index (χ3n) is 1.71. The molecular formula is C9H7ClN2O2. The van der Waals surface area contributed by atoms with Crippen molar-refractivity contribution in [1.29, 1.82) is 5.26 Å². The van der Waals surface area contributed by atoms with E-state index < -0.39 is 5.78 Å². The maximum atomic E-state index is 11.2. The van der Waals surface area contributed by atoms with Crippen LogP contribution < -0.4 is 5.73 Å². The van der Waals surface area contributed by atoms with Gasteiger partial charge in [0.1, 0.15) is 11.8 Å². The summed E-state index contributed by atoms with van der Waals surface area (Å²) >= 11 is 5.32. The normalized spacial score (nSPS) is 9.43. The molecule has 3 N–H and O–H groups in total. The van der Waals surface area contributed by atoms with Gasteiger partial charge in [0.15, 0.2) is 5.78 Å². The predicted molar refractivity (Wildman–Crippen MR) is 52.3 cm³/mol. The fourth-order valence-electron chi connectivity index (χ4n) is 0.997. The zero-order valence-corrected chi connectivity index (χ0v) is 7.88. The summed E-state index contributed by atoms with van der Waals surface area (Å²) < 4.78 is 0. The van der Waals surface area contributed by atoms with Crippen LogP contribution >= 0.6 is 11.6 Å². The minimum absolute atomic E-state index is 0.0384. The summed E-state index contributed by atoms with van der Waals surface area (Å²) in [6.07, 6.45) is 0. The summed E-state index contributed by atoms with van der Waals surface area (Å²) in [6.45, 7) is 0. The van der Waals surface area contributed by atoms with Gasteiger partial charge in [-0.2, -0.15) is 5.26 Å². The second-order valence-corrected chi connectivity index (χ2v) is 2.89. The third kappa shape index (κ3) is 1.78. The molecule has 72 valence electrons. The highest BCUT2D eigenvalue weighted by Gasteiger charge is 2.12. The van der Waals surface area contributed by atoms with Gasteiger partial charge in [-0.1, -0.05) is 0 Å². The van der Waals surface area contributed by atoms with Gasteiger partial charge >= 0.3 is 0 Å². The Bertz CT molecular complexity index is 424. The number of carbonyl (C=O) groups is 1. The highest BCUT2D eigenvalue weighted by atomic mass is 35.5. The first-order chi connectivity index (χ1) is 6.60. The van der Waals surface area contributed by atoms with Gasteiger partial charge in [0, 0.05) is 6.07 Å². The zero-order valence-electron chi connectivity index (χ0n) is 7.12. The number of nitrogen functional groups attached to an aromatic ring is 1. The van der Waals surface area contributed by atoms with Crippen LogP contribution in [0.5, 0.6) is 5.75 Å². The standard InChI is InChI=1S/C9H7ClN2O2/c10-3-9(14)6-2-7(12)5(4-11)1-8(6)13/h1-2,13H,3,12H2. The number of nitriles is 1. The van der Waals surface area contributed by atoms with Gasteiger partial charge in [-0.3, -0.25) is 4.79 Å². The monoisotopic (exact) mass is 210 g/mol. The SMILES string of the molecule is N#Cc1cc(O)c(C(=O)CCl)cc1N. The highest BCUT2D eigenvalue weighted by Crippen LogP contribution is 2.24. The van der Waals surface area contributed by atoms with Crippen molar-refractivity contribution < 1.29 is 9.90 Å². The van der Waals surface area contributed by atoms with Crippen molar-refractivity contribution in [2.45, 2.75) is 0 Å².